The van der Waals surface area contributed by atoms with E-state index < -0.39 is 0 Å². The highest BCUT2D eigenvalue weighted by Crippen LogP contribution is 1.49. The van der Waals surface area contributed by atoms with Crippen LogP contribution in [0.25, 0.3) is 0 Å². The maximum absolute atomic E-state index is 2.83. The van der Waals surface area contributed by atoms with Crippen molar-refractivity contribution in [1.82, 2.24) is 10.6 Å². The van der Waals surface area contributed by atoms with Crippen LogP contribution in [-0.4, -0.2) is 14.1 Å². The fourth-order valence-corrected chi connectivity index (χ4v) is 0.167. The molecule has 0 unspecified atom stereocenters. The average molecular weight is 86.1 g/mol. The predicted octanol–water partition coefficient (Wildman–Crippen LogP) is -0.104. The molecule has 0 saturated heterocycles. The van der Waals surface area contributed by atoms with Crippen LogP contribution in [0.4, 0.5) is 0 Å². The lowest BCUT2D eigenvalue weighted by Crippen LogP contribution is -1.98. The topological polar surface area (TPSA) is 24.1 Å². The Bertz CT molecular complexity index is 34.8. The lowest BCUT2D eigenvalue weighted by atomic mass is 10.9. The molecule has 0 heterocycles. The van der Waals surface area contributed by atoms with E-state index in [1.54, 1.807) is 0 Å². The van der Waals surface area contributed by atoms with Gasteiger partial charge in [-0.15, -0.1) is 0 Å². The maximum atomic E-state index is 2.83. The van der Waals surface area contributed by atoms with E-state index in [1.165, 1.54) is 0 Å². The predicted molar refractivity (Wildman–Crippen MR) is 27.3 cm³/mol. The zero-order valence-electron chi connectivity index (χ0n) is 4.15. The van der Waals surface area contributed by atoms with Gasteiger partial charge in [-0.3, -0.25) is 0 Å². The largest absolute Gasteiger partial charge is 0.393 e. The summed E-state index contributed by atoms with van der Waals surface area (Å²) in [4.78, 5) is 0. The number of hydrogen-bond acceptors (Lipinski definition) is 2. The third-order valence-corrected chi connectivity index (χ3v) is 0.417. The highest BCUT2D eigenvalue weighted by Gasteiger charge is 1.52. The maximum Gasteiger partial charge on any atom is 0.0121 e. The van der Waals surface area contributed by atoms with Gasteiger partial charge in [-0.05, 0) is 0 Å². The molecule has 0 radical (unpaired) electrons. The summed E-state index contributed by atoms with van der Waals surface area (Å²) >= 11 is 0. The van der Waals surface area contributed by atoms with Crippen LogP contribution in [0.15, 0.2) is 12.4 Å². The van der Waals surface area contributed by atoms with Crippen molar-refractivity contribution in [1.29, 1.82) is 0 Å². The Morgan fingerprint density at radius 3 is 1.50 bits per heavy atom. The summed E-state index contributed by atoms with van der Waals surface area (Å²) in [6, 6.07) is 0. The van der Waals surface area contributed by atoms with Crippen LogP contribution in [-0.2, 0) is 0 Å². The SMILES string of the molecule is CN/C=C\NC. The Hall–Kier alpha value is -0.660. The Labute approximate surface area is 38.2 Å². The molecular formula is C4H10N2. The summed E-state index contributed by atoms with van der Waals surface area (Å²) in [7, 11) is 3.71. The van der Waals surface area contributed by atoms with Crippen molar-refractivity contribution < 1.29 is 0 Å². The molecule has 2 N–H and O–H groups in total. The van der Waals surface area contributed by atoms with Crippen LogP contribution in [0, 0.1) is 0 Å². The van der Waals surface area contributed by atoms with Gasteiger partial charge in [0.15, 0.2) is 0 Å². The molecule has 0 aromatic carbocycles. The fraction of sp³-hybridized carbons (Fsp3) is 0.500. The molecule has 0 aromatic heterocycles. The average Bonchev–Trinajstić information content (AvgIpc) is 1.61. The van der Waals surface area contributed by atoms with E-state index >= 15 is 0 Å². The second-order valence-electron chi connectivity index (χ2n) is 0.911. The van der Waals surface area contributed by atoms with Crippen molar-refractivity contribution in [3.05, 3.63) is 12.4 Å². The smallest absolute Gasteiger partial charge is 0.0121 e. The first-order chi connectivity index (χ1) is 2.91. The van der Waals surface area contributed by atoms with Gasteiger partial charge in [-0.1, -0.05) is 0 Å². The Kier molecular flexibility index (Phi) is 3.86. The summed E-state index contributed by atoms with van der Waals surface area (Å²) in [6.45, 7) is 0. The van der Waals surface area contributed by atoms with E-state index in [-0.39, 0.29) is 0 Å². The molecule has 0 rings (SSSR count). The molecule has 0 aliphatic heterocycles. The molecule has 0 fully saturated rings. The first kappa shape index (κ1) is 5.34. The normalized spacial score (nSPS) is 9.00. The summed E-state index contributed by atoms with van der Waals surface area (Å²) in [6.07, 6.45) is 3.64. The molecule has 6 heavy (non-hydrogen) atoms. The van der Waals surface area contributed by atoms with E-state index in [0.29, 0.717) is 0 Å². The molecular weight excluding hydrogens is 76.1 g/mol. The highest BCUT2D eigenvalue weighted by atomic mass is 14.8. The molecule has 0 bridgehead atoms. The Balaban J connectivity index is 2.73. The third-order valence-electron chi connectivity index (χ3n) is 0.417. The molecule has 2 nitrogen and oxygen atoms in total. The van der Waals surface area contributed by atoms with E-state index in [1.807, 2.05) is 26.5 Å². The van der Waals surface area contributed by atoms with Gasteiger partial charge in [-0.25, -0.2) is 0 Å². The Morgan fingerprint density at radius 1 is 1.00 bits per heavy atom. The van der Waals surface area contributed by atoms with Crippen LogP contribution in [0.5, 0.6) is 0 Å². The Morgan fingerprint density at radius 2 is 1.33 bits per heavy atom. The molecule has 0 aliphatic rings. The van der Waals surface area contributed by atoms with Crippen molar-refractivity contribution in [2.75, 3.05) is 14.1 Å². The molecule has 0 amide bonds. The lowest BCUT2D eigenvalue weighted by Gasteiger charge is -1.82. The minimum absolute atomic E-state index is 1.82. The summed E-state index contributed by atoms with van der Waals surface area (Å²) in [5.41, 5.74) is 0. The quantitative estimate of drug-likeness (QED) is 0.490. The van der Waals surface area contributed by atoms with Gasteiger partial charge in [0.1, 0.15) is 0 Å². The monoisotopic (exact) mass is 86.1 g/mol. The van der Waals surface area contributed by atoms with Crippen molar-refractivity contribution in [3.8, 4) is 0 Å². The third kappa shape index (κ3) is 3.34. The van der Waals surface area contributed by atoms with Crippen molar-refractivity contribution >= 4 is 0 Å². The van der Waals surface area contributed by atoms with Gasteiger partial charge >= 0.3 is 0 Å². The number of hydrogen-bond donors (Lipinski definition) is 2. The van der Waals surface area contributed by atoms with Crippen LogP contribution < -0.4 is 10.6 Å². The molecule has 2 heteroatoms. The molecule has 0 aliphatic carbocycles. The van der Waals surface area contributed by atoms with Gasteiger partial charge in [0.05, 0.1) is 0 Å². The van der Waals surface area contributed by atoms with Gasteiger partial charge < -0.3 is 10.6 Å². The minimum atomic E-state index is 1.82. The minimum Gasteiger partial charge on any atom is -0.393 e. The van der Waals surface area contributed by atoms with Gasteiger partial charge in [-0.2, -0.15) is 0 Å². The molecule has 0 atom stereocenters. The van der Waals surface area contributed by atoms with E-state index in [2.05, 4.69) is 10.6 Å². The fourth-order valence-electron chi connectivity index (χ4n) is 0.167. The van der Waals surface area contributed by atoms with E-state index in [4.69, 9.17) is 0 Å². The lowest BCUT2D eigenvalue weighted by molar-refractivity contribution is 1.03. The highest BCUT2D eigenvalue weighted by molar-refractivity contribution is 4.71. The molecule has 0 saturated carbocycles. The van der Waals surface area contributed by atoms with Crippen molar-refractivity contribution in [2.24, 2.45) is 0 Å². The summed E-state index contributed by atoms with van der Waals surface area (Å²) in [5.74, 6) is 0. The molecule has 0 aromatic rings. The van der Waals surface area contributed by atoms with Crippen LogP contribution in [0.1, 0.15) is 0 Å². The zero-order valence-corrected chi connectivity index (χ0v) is 4.15. The van der Waals surface area contributed by atoms with Crippen LogP contribution >= 0.6 is 0 Å². The van der Waals surface area contributed by atoms with Gasteiger partial charge in [0, 0.05) is 26.5 Å². The van der Waals surface area contributed by atoms with Crippen molar-refractivity contribution in [2.45, 2.75) is 0 Å². The first-order valence-electron chi connectivity index (χ1n) is 1.91. The van der Waals surface area contributed by atoms with Crippen molar-refractivity contribution in [3.63, 3.8) is 0 Å². The second kappa shape index (κ2) is 4.34. The zero-order chi connectivity index (χ0) is 4.83. The van der Waals surface area contributed by atoms with Gasteiger partial charge in [0.2, 0.25) is 0 Å². The standard InChI is InChI=1S/C4H10N2/c1-5-3-4-6-2/h3-6H,1-2H3/b4-3-. The number of nitrogens with one attached hydrogen (secondary N) is 2. The first-order valence-corrected chi connectivity index (χ1v) is 1.91. The van der Waals surface area contributed by atoms with Gasteiger partial charge in [0.25, 0.3) is 0 Å². The summed E-state index contributed by atoms with van der Waals surface area (Å²) in [5, 5.41) is 5.65. The van der Waals surface area contributed by atoms with E-state index in [9.17, 15) is 0 Å². The molecule has 0 spiro atoms. The van der Waals surface area contributed by atoms with E-state index in [0.717, 1.165) is 0 Å². The van der Waals surface area contributed by atoms with Crippen LogP contribution in [0.2, 0.25) is 0 Å². The molecule has 36 valence electrons. The number of rotatable bonds is 2. The second-order valence-corrected chi connectivity index (χ2v) is 0.911. The van der Waals surface area contributed by atoms with Crippen LogP contribution in [0.3, 0.4) is 0 Å². The summed E-state index contributed by atoms with van der Waals surface area (Å²) < 4.78 is 0.